The molecule has 3 aromatic rings. The van der Waals surface area contributed by atoms with E-state index in [-0.39, 0.29) is 5.56 Å². The second-order valence-corrected chi connectivity index (χ2v) is 6.39. The van der Waals surface area contributed by atoms with Crippen LogP contribution in [0, 0.1) is 0 Å². The lowest BCUT2D eigenvalue weighted by molar-refractivity contribution is 0.340. The van der Waals surface area contributed by atoms with Gasteiger partial charge in [-0.2, -0.15) is 0 Å². The first-order valence-electron chi connectivity index (χ1n) is 7.87. The first-order valence-corrected chi connectivity index (χ1v) is 9.30. The van der Waals surface area contributed by atoms with E-state index in [1.54, 1.807) is 10.6 Å². The fourth-order valence-electron chi connectivity index (χ4n) is 2.45. The molecule has 0 unspecified atom stereocenters. The van der Waals surface area contributed by atoms with E-state index < -0.39 is 0 Å². The summed E-state index contributed by atoms with van der Waals surface area (Å²) in [6.07, 6.45) is 1.82. The first kappa shape index (κ1) is 17.6. The van der Waals surface area contributed by atoms with Crippen LogP contribution in [0.4, 0.5) is 0 Å². The van der Waals surface area contributed by atoms with Crippen LogP contribution < -0.4 is 10.3 Å². The van der Waals surface area contributed by atoms with Crippen molar-refractivity contribution in [1.29, 1.82) is 0 Å². The van der Waals surface area contributed by atoms with Crippen LogP contribution in [0.2, 0.25) is 0 Å². The number of aromatic nitrogens is 2. The van der Waals surface area contributed by atoms with Crippen LogP contribution in [0.1, 0.15) is 6.92 Å². The average Bonchev–Trinajstić information content (AvgIpc) is 2.63. The summed E-state index contributed by atoms with van der Waals surface area (Å²) < 4.78 is 7.10. The van der Waals surface area contributed by atoms with Gasteiger partial charge in [0.05, 0.1) is 23.2 Å². The Morgan fingerprint density at radius 1 is 1.20 bits per heavy atom. The summed E-state index contributed by atoms with van der Waals surface area (Å²) in [6.45, 7) is 2.54. The van der Waals surface area contributed by atoms with Crippen molar-refractivity contribution < 1.29 is 4.74 Å². The molecule has 128 valence electrons. The lowest BCUT2D eigenvalue weighted by Crippen LogP contribution is -2.21. The number of benzene rings is 2. The van der Waals surface area contributed by atoms with Crippen molar-refractivity contribution in [1.82, 2.24) is 9.55 Å². The molecule has 0 spiro atoms. The minimum Gasteiger partial charge on any atom is -0.494 e. The molecule has 3 rings (SSSR count). The maximum absolute atomic E-state index is 13.0. The molecular formula is C19H17ClN2O2S. The van der Waals surface area contributed by atoms with Gasteiger partial charge in [-0.3, -0.25) is 9.36 Å². The molecule has 25 heavy (non-hydrogen) atoms. The van der Waals surface area contributed by atoms with Gasteiger partial charge in [0.2, 0.25) is 0 Å². The monoisotopic (exact) mass is 372 g/mol. The summed E-state index contributed by atoms with van der Waals surface area (Å²) >= 11 is 7.06. The highest BCUT2D eigenvalue weighted by Gasteiger charge is 2.12. The maximum atomic E-state index is 13.0. The van der Waals surface area contributed by atoms with Gasteiger partial charge in [0.15, 0.2) is 5.16 Å². The molecule has 0 radical (unpaired) electrons. The van der Waals surface area contributed by atoms with Gasteiger partial charge in [-0.1, -0.05) is 41.6 Å². The highest BCUT2D eigenvalue weighted by atomic mass is 35.5. The molecule has 0 N–H and O–H groups in total. The molecule has 0 atom stereocenters. The number of hydrogen-bond donors (Lipinski definition) is 0. The summed E-state index contributed by atoms with van der Waals surface area (Å²) in [6, 6.07) is 14.8. The smallest absolute Gasteiger partial charge is 0.266 e. The SMILES string of the molecule is CCOc1ccc(-n2c(SC/C=C/Cl)nc3ccccc3c2=O)cc1. The number of fused-ring (bicyclic) bond motifs is 1. The topological polar surface area (TPSA) is 44.1 Å². The van der Waals surface area contributed by atoms with E-state index in [4.69, 9.17) is 16.3 Å². The third kappa shape index (κ3) is 3.89. The highest BCUT2D eigenvalue weighted by Crippen LogP contribution is 2.23. The molecule has 1 aromatic heterocycles. The predicted octanol–water partition coefficient (Wildman–Crippen LogP) is 4.63. The Kier molecular flexibility index (Phi) is 5.79. The van der Waals surface area contributed by atoms with Crippen LogP contribution in [0.3, 0.4) is 0 Å². The fraction of sp³-hybridized carbons (Fsp3) is 0.158. The quantitative estimate of drug-likeness (QED) is 0.467. The lowest BCUT2D eigenvalue weighted by Gasteiger charge is -2.13. The molecule has 1 heterocycles. The second kappa shape index (κ2) is 8.23. The van der Waals surface area contributed by atoms with Crippen molar-refractivity contribution in [2.75, 3.05) is 12.4 Å². The van der Waals surface area contributed by atoms with E-state index in [1.165, 1.54) is 17.3 Å². The van der Waals surface area contributed by atoms with Crippen molar-refractivity contribution in [3.05, 3.63) is 70.5 Å². The summed E-state index contributed by atoms with van der Waals surface area (Å²) in [4.78, 5) is 17.7. The van der Waals surface area contributed by atoms with Gasteiger partial charge in [0, 0.05) is 11.3 Å². The number of thioether (sulfide) groups is 1. The molecule has 0 saturated carbocycles. The van der Waals surface area contributed by atoms with Gasteiger partial charge < -0.3 is 4.74 Å². The van der Waals surface area contributed by atoms with E-state index in [9.17, 15) is 4.79 Å². The predicted molar refractivity (Wildman–Crippen MR) is 104 cm³/mol. The van der Waals surface area contributed by atoms with Gasteiger partial charge in [0.1, 0.15) is 5.75 Å². The normalized spacial score (nSPS) is 11.3. The second-order valence-electron chi connectivity index (χ2n) is 5.15. The van der Waals surface area contributed by atoms with Crippen LogP contribution in [0.5, 0.6) is 5.75 Å². The Balaban J connectivity index is 2.14. The summed E-state index contributed by atoms with van der Waals surface area (Å²) in [5, 5.41) is 1.22. The van der Waals surface area contributed by atoms with Gasteiger partial charge in [-0.05, 0) is 43.3 Å². The van der Waals surface area contributed by atoms with Crippen molar-refractivity contribution in [3.8, 4) is 11.4 Å². The molecule has 0 aliphatic heterocycles. The maximum Gasteiger partial charge on any atom is 0.266 e. The van der Waals surface area contributed by atoms with Crippen molar-refractivity contribution in [2.45, 2.75) is 12.1 Å². The molecule has 0 fully saturated rings. The van der Waals surface area contributed by atoms with E-state index >= 15 is 0 Å². The molecule has 0 amide bonds. The molecule has 0 bridgehead atoms. The first-order chi connectivity index (χ1) is 12.2. The van der Waals surface area contributed by atoms with E-state index in [0.29, 0.717) is 28.4 Å². The van der Waals surface area contributed by atoms with Crippen molar-refractivity contribution >= 4 is 34.3 Å². The van der Waals surface area contributed by atoms with Crippen molar-refractivity contribution in [2.24, 2.45) is 0 Å². The summed E-state index contributed by atoms with van der Waals surface area (Å²) in [7, 11) is 0. The van der Waals surface area contributed by atoms with Crippen LogP contribution >= 0.6 is 23.4 Å². The van der Waals surface area contributed by atoms with Gasteiger partial charge in [0.25, 0.3) is 5.56 Å². The van der Waals surface area contributed by atoms with E-state index in [2.05, 4.69) is 4.98 Å². The number of hydrogen-bond acceptors (Lipinski definition) is 4. The van der Waals surface area contributed by atoms with Crippen LogP contribution in [0.15, 0.2) is 70.1 Å². The molecular weight excluding hydrogens is 356 g/mol. The lowest BCUT2D eigenvalue weighted by atomic mass is 10.2. The summed E-state index contributed by atoms with van der Waals surface area (Å²) in [5.74, 6) is 1.40. The number of rotatable bonds is 6. The zero-order valence-corrected chi connectivity index (χ0v) is 15.3. The Labute approximate surface area is 155 Å². The number of nitrogens with zero attached hydrogens (tertiary/aromatic N) is 2. The number of halogens is 1. The minimum atomic E-state index is -0.0906. The summed E-state index contributed by atoms with van der Waals surface area (Å²) in [5.41, 5.74) is 2.82. The van der Waals surface area contributed by atoms with Gasteiger partial charge >= 0.3 is 0 Å². The Bertz CT molecular complexity index is 952. The molecule has 0 aliphatic carbocycles. The highest BCUT2D eigenvalue weighted by molar-refractivity contribution is 7.99. The van der Waals surface area contributed by atoms with E-state index in [1.807, 2.05) is 55.5 Å². The molecule has 6 heteroatoms. The molecule has 2 aromatic carbocycles. The van der Waals surface area contributed by atoms with Crippen molar-refractivity contribution in [3.63, 3.8) is 0 Å². The van der Waals surface area contributed by atoms with Gasteiger partial charge in [-0.25, -0.2) is 4.98 Å². The largest absolute Gasteiger partial charge is 0.494 e. The minimum absolute atomic E-state index is 0.0906. The zero-order valence-electron chi connectivity index (χ0n) is 13.7. The van der Waals surface area contributed by atoms with Crippen LogP contribution in [0.25, 0.3) is 16.6 Å². The van der Waals surface area contributed by atoms with Crippen LogP contribution in [-0.2, 0) is 0 Å². The standard InChI is InChI=1S/C19H17ClN2O2S/c1-2-24-15-10-8-14(9-11-15)22-18(23)16-6-3-4-7-17(16)21-19(22)25-13-5-12-20/h3-12H,2,13H2,1H3/b12-5+. The Morgan fingerprint density at radius 2 is 1.96 bits per heavy atom. The fourth-order valence-corrected chi connectivity index (χ4v) is 3.47. The molecule has 0 aliphatic rings. The van der Waals surface area contributed by atoms with Crippen LogP contribution in [-0.4, -0.2) is 21.9 Å². The third-order valence-corrected chi connectivity index (χ3v) is 4.62. The number of para-hydroxylation sites is 1. The third-order valence-electron chi connectivity index (χ3n) is 3.55. The molecule has 4 nitrogen and oxygen atoms in total. The number of ether oxygens (including phenoxy) is 1. The van der Waals surface area contributed by atoms with Gasteiger partial charge in [-0.15, -0.1) is 0 Å². The van der Waals surface area contributed by atoms with E-state index in [0.717, 1.165) is 11.4 Å². The Morgan fingerprint density at radius 3 is 2.68 bits per heavy atom. The molecule has 0 saturated heterocycles. The average molecular weight is 373 g/mol. The zero-order chi connectivity index (χ0) is 17.6. The Hall–Kier alpha value is -2.24.